The van der Waals surface area contributed by atoms with Gasteiger partial charge in [0.05, 0.1) is 48.8 Å². The molecule has 266 valence electrons. The van der Waals surface area contributed by atoms with Gasteiger partial charge in [0.15, 0.2) is 11.6 Å². The zero-order valence-electron chi connectivity index (χ0n) is 28.3. The fourth-order valence-corrected chi connectivity index (χ4v) is 7.85. The molecule has 0 atom stereocenters. The van der Waals surface area contributed by atoms with E-state index >= 15 is 0 Å². The van der Waals surface area contributed by atoms with Crippen LogP contribution in [0.1, 0.15) is 0 Å². The van der Waals surface area contributed by atoms with Gasteiger partial charge >= 0.3 is 0 Å². The Morgan fingerprint density at radius 1 is 0.547 bits per heavy atom. The second-order valence-electron chi connectivity index (χ2n) is 12.4. The first kappa shape index (κ1) is 34.0. The summed E-state index contributed by atoms with van der Waals surface area (Å²) in [6.45, 7) is 5.32. The van der Waals surface area contributed by atoms with Crippen molar-refractivity contribution < 1.29 is 9.47 Å². The summed E-state index contributed by atoms with van der Waals surface area (Å²) in [5.41, 5.74) is 4.04. The molecule has 0 saturated carbocycles. The average molecular weight is 853 g/mol. The van der Waals surface area contributed by atoms with Crippen molar-refractivity contribution in [3.05, 3.63) is 116 Å². The number of halogens is 2. The molecule has 0 amide bonds. The molecule has 0 bridgehead atoms. The van der Waals surface area contributed by atoms with Gasteiger partial charge in [-0.25, -0.2) is 13.9 Å². The molecule has 9 rings (SSSR count). The number of morpholine rings is 2. The van der Waals surface area contributed by atoms with Crippen LogP contribution in [-0.4, -0.2) is 81.1 Å². The molecule has 15 heteroatoms. The maximum Gasteiger partial charge on any atom is 0.233 e. The molecule has 12 nitrogen and oxygen atoms in total. The van der Waals surface area contributed by atoms with Gasteiger partial charge in [-0.05, 0) is 84.3 Å². The fourth-order valence-electron chi connectivity index (χ4n) is 6.33. The van der Waals surface area contributed by atoms with Crippen molar-refractivity contribution in [3.8, 4) is 11.4 Å². The summed E-state index contributed by atoms with van der Waals surface area (Å²) in [4.78, 5) is 35.8. The smallest absolute Gasteiger partial charge is 0.233 e. The minimum Gasteiger partial charge on any atom is -0.378 e. The van der Waals surface area contributed by atoms with E-state index in [1.807, 2.05) is 72.8 Å². The lowest BCUT2D eigenvalue weighted by molar-refractivity contribution is 0.122. The van der Waals surface area contributed by atoms with Crippen molar-refractivity contribution in [2.45, 2.75) is 0 Å². The molecule has 0 radical (unpaired) electrons. The molecule has 0 spiro atoms. The van der Waals surface area contributed by atoms with Crippen LogP contribution in [0.2, 0.25) is 0 Å². The molecule has 2 aliphatic rings. The number of aromatic nitrogens is 6. The molecular weight excluding hydrogens is 820 g/mol. The first-order chi connectivity index (χ1) is 26.1. The standard InChI is InChI=1S/C38H32Br2N10O2S/c39-25-9-13-27(14-10-25)49-37(45-33-29-5-1-3-7-31(29)41-35(43-33)47-17-21-51-22-18-47)50(28-15-11-26(40)12-16-28)53-38(49)46-34-30-6-2-4-8-32(30)42-36(44-34)48-19-23-52-24-20-48/h1-16H,17-24H2. The molecule has 4 aromatic carbocycles. The van der Waals surface area contributed by atoms with E-state index in [1.165, 1.54) is 11.5 Å². The van der Waals surface area contributed by atoms with Crippen molar-refractivity contribution in [3.63, 3.8) is 0 Å². The number of hydrogen-bond acceptors (Lipinski definition) is 11. The number of ether oxygens (including phenoxy) is 2. The third-order valence-corrected chi connectivity index (χ3v) is 11.1. The molecule has 2 aliphatic heterocycles. The number of nitrogens with zero attached hydrogens (tertiary/aromatic N) is 10. The number of anilines is 2. The van der Waals surface area contributed by atoms with Gasteiger partial charge in [0.2, 0.25) is 22.3 Å². The van der Waals surface area contributed by atoms with E-state index in [1.54, 1.807) is 0 Å². The molecule has 2 fully saturated rings. The molecule has 0 N–H and O–H groups in total. The van der Waals surface area contributed by atoms with Crippen LogP contribution in [0, 0.1) is 0 Å². The highest BCUT2D eigenvalue weighted by Gasteiger charge is 2.20. The van der Waals surface area contributed by atoms with Crippen LogP contribution in [0.25, 0.3) is 33.2 Å². The van der Waals surface area contributed by atoms with Crippen molar-refractivity contribution in [2.24, 2.45) is 9.98 Å². The molecule has 2 saturated heterocycles. The summed E-state index contributed by atoms with van der Waals surface area (Å²) in [7, 11) is 0. The van der Waals surface area contributed by atoms with Crippen molar-refractivity contribution in [1.82, 2.24) is 28.5 Å². The van der Waals surface area contributed by atoms with Crippen LogP contribution in [0.15, 0.2) is 116 Å². The van der Waals surface area contributed by atoms with E-state index in [0.29, 0.717) is 86.6 Å². The SMILES string of the molecule is Brc1ccc(-n2sc(=Nc3nc(N4CCOCC4)nc4ccccc34)n(-c3ccc(Br)cc3)c2=Nc2nc(N3CCOCC3)nc3ccccc23)cc1. The summed E-state index contributed by atoms with van der Waals surface area (Å²) in [6, 6.07) is 32.3. The molecule has 3 aromatic heterocycles. The Kier molecular flexibility index (Phi) is 9.56. The molecular formula is C38H32Br2N10O2S. The monoisotopic (exact) mass is 850 g/mol. The summed E-state index contributed by atoms with van der Waals surface area (Å²) in [5, 5.41) is 1.70. The Morgan fingerprint density at radius 3 is 1.55 bits per heavy atom. The summed E-state index contributed by atoms with van der Waals surface area (Å²) in [6.07, 6.45) is 0. The van der Waals surface area contributed by atoms with Gasteiger partial charge in [0, 0.05) is 45.9 Å². The normalized spacial score (nSPS) is 15.9. The molecule has 7 aromatic rings. The Labute approximate surface area is 325 Å². The second kappa shape index (κ2) is 14.9. The molecule has 0 aliphatic carbocycles. The highest BCUT2D eigenvalue weighted by atomic mass is 79.9. The highest BCUT2D eigenvalue weighted by molar-refractivity contribution is 9.10. The zero-order valence-corrected chi connectivity index (χ0v) is 32.3. The predicted molar refractivity (Wildman–Crippen MR) is 214 cm³/mol. The zero-order chi connectivity index (χ0) is 35.7. The highest BCUT2D eigenvalue weighted by Crippen LogP contribution is 2.28. The van der Waals surface area contributed by atoms with Crippen LogP contribution >= 0.6 is 43.4 Å². The third kappa shape index (κ3) is 7.02. The van der Waals surface area contributed by atoms with Gasteiger partial charge in [-0.3, -0.25) is 4.57 Å². The lowest BCUT2D eigenvalue weighted by Crippen LogP contribution is -2.37. The molecule has 0 unspecified atom stereocenters. The number of rotatable bonds is 6. The molecule has 53 heavy (non-hydrogen) atoms. The lowest BCUT2D eigenvalue weighted by atomic mass is 10.2. The summed E-state index contributed by atoms with van der Waals surface area (Å²) in [5.74, 6) is 2.38. The van der Waals surface area contributed by atoms with Gasteiger partial charge in [0.25, 0.3) is 0 Å². The maximum atomic E-state index is 5.64. The van der Waals surface area contributed by atoms with Gasteiger partial charge < -0.3 is 19.3 Å². The predicted octanol–water partition coefficient (Wildman–Crippen LogP) is 6.88. The second-order valence-corrected chi connectivity index (χ2v) is 15.2. The number of para-hydroxylation sites is 2. The van der Waals surface area contributed by atoms with Gasteiger partial charge in [0.1, 0.15) is 0 Å². The van der Waals surface area contributed by atoms with Crippen molar-refractivity contribution in [1.29, 1.82) is 0 Å². The molecule has 5 heterocycles. The van der Waals surface area contributed by atoms with Crippen LogP contribution in [0.3, 0.4) is 0 Å². The van der Waals surface area contributed by atoms with Crippen LogP contribution in [0.4, 0.5) is 23.5 Å². The largest absolute Gasteiger partial charge is 0.378 e. The van der Waals surface area contributed by atoms with E-state index in [-0.39, 0.29) is 0 Å². The Balaban J connectivity index is 1.36. The van der Waals surface area contributed by atoms with Crippen LogP contribution < -0.4 is 20.2 Å². The van der Waals surface area contributed by atoms with E-state index in [4.69, 9.17) is 39.4 Å². The number of hydrogen-bond donors (Lipinski definition) is 0. The Morgan fingerprint density at radius 2 is 1.02 bits per heavy atom. The lowest BCUT2D eigenvalue weighted by Gasteiger charge is -2.27. The third-order valence-electron chi connectivity index (χ3n) is 9.03. The maximum absolute atomic E-state index is 5.64. The Hall–Kier alpha value is -4.80. The first-order valence-electron chi connectivity index (χ1n) is 17.2. The minimum absolute atomic E-state index is 0.556. The topological polar surface area (TPSA) is 111 Å². The van der Waals surface area contributed by atoms with Crippen LogP contribution in [0.5, 0.6) is 0 Å². The summed E-state index contributed by atoms with van der Waals surface area (Å²) < 4.78 is 17.4. The van der Waals surface area contributed by atoms with E-state index in [9.17, 15) is 0 Å². The Bertz CT molecular complexity index is 2580. The summed E-state index contributed by atoms with van der Waals surface area (Å²) >= 11 is 8.73. The van der Waals surface area contributed by atoms with Gasteiger partial charge in [-0.1, -0.05) is 56.1 Å². The van der Waals surface area contributed by atoms with E-state index in [0.717, 1.165) is 42.1 Å². The first-order valence-corrected chi connectivity index (χ1v) is 19.6. The fraction of sp³-hybridized carbons (Fsp3) is 0.211. The minimum atomic E-state index is 0.556. The van der Waals surface area contributed by atoms with Crippen molar-refractivity contribution in [2.75, 3.05) is 62.4 Å². The quantitative estimate of drug-likeness (QED) is 0.178. The van der Waals surface area contributed by atoms with E-state index in [2.05, 4.69) is 74.4 Å². The van der Waals surface area contributed by atoms with Gasteiger partial charge in [-0.2, -0.15) is 20.0 Å². The van der Waals surface area contributed by atoms with Crippen LogP contribution in [-0.2, 0) is 9.47 Å². The van der Waals surface area contributed by atoms with E-state index < -0.39 is 0 Å². The van der Waals surface area contributed by atoms with Crippen molar-refractivity contribution >= 4 is 88.7 Å². The number of fused-ring (bicyclic) bond motifs is 2. The number of benzene rings is 4. The van der Waals surface area contributed by atoms with Gasteiger partial charge in [-0.15, -0.1) is 0 Å². The average Bonchev–Trinajstić information content (AvgIpc) is 3.55.